The zero-order valence-electron chi connectivity index (χ0n) is 67.1. The number of hydrogen-bond acceptors (Lipinski definition) is 15. The molecule has 19 heteroatoms. The molecule has 0 saturated heterocycles. The van der Waals surface area contributed by atoms with Crippen LogP contribution in [0.4, 0.5) is 0 Å². The third kappa shape index (κ3) is 77.9. The van der Waals surface area contributed by atoms with Crippen molar-refractivity contribution in [2.75, 3.05) is 39.6 Å². The highest BCUT2D eigenvalue weighted by Crippen LogP contribution is 2.45. The molecule has 0 aliphatic rings. The molecule has 0 aliphatic heterocycles. The van der Waals surface area contributed by atoms with Crippen LogP contribution < -0.4 is 0 Å². The summed E-state index contributed by atoms with van der Waals surface area (Å²) in [7, 11) is -9.97. The minimum atomic E-state index is -4.99. The van der Waals surface area contributed by atoms with E-state index in [0.717, 1.165) is 193 Å². The molecule has 0 fully saturated rings. The zero-order chi connectivity index (χ0) is 77.4. The molecule has 0 aromatic heterocycles. The van der Waals surface area contributed by atoms with Crippen molar-refractivity contribution in [3.8, 4) is 0 Å². The number of aliphatic hydroxyl groups excluding tert-OH is 1. The van der Waals surface area contributed by atoms with E-state index in [0.29, 0.717) is 25.7 Å². The lowest BCUT2D eigenvalue weighted by atomic mass is 10.0. The second-order valence-corrected chi connectivity index (χ2v) is 30.9. The summed E-state index contributed by atoms with van der Waals surface area (Å²) in [5, 5.41) is 10.7. The van der Waals surface area contributed by atoms with Crippen LogP contribution in [0.3, 0.4) is 0 Å². The number of unbranched alkanes of at least 4 members (excludes halogenated alkanes) is 35. The summed E-state index contributed by atoms with van der Waals surface area (Å²) in [5.41, 5.74) is 0. The summed E-state index contributed by atoms with van der Waals surface area (Å²) in [6.45, 7) is 4.72. The van der Waals surface area contributed by atoms with Gasteiger partial charge in [-0.2, -0.15) is 0 Å². The Morgan fingerprint density at radius 3 is 0.774 bits per heavy atom. The number of carbonyl (C=O) groups excluding carboxylic acids is 4. The van der Waals surface area contributed by atoms with E-state index < -0.39 is 97.5 Å². The van der Waals surface area contributed by atoms with Gasteiger partial charge < -0.3 is 33.8 Å². The first kappa shape index (κ1) is 102. The molecule has 0 saturated carbocycles. The van der Waals surface area contributed by atoms with E-state index in [1.165, 1.54) is 89.9 Å². The molecule has 612 valence electrons. The summed E-state index contributed by atoms with van der Waals surface area (Å²) >= 11 is 0. The summed E-state index contributed by atoms with van der Waals surface area (Å²) in [4.78, 5) is 73.2. The lowest BCUT2D eigenvalue weighted by molar-refractivity contribution is -0.161. The Balaban J connectivity index is 5.38. The van der Waals surface area contributed by atoms with Gasteiger partial charge in [0.1, 0.15) is 19.3 Å². The van der Waals surface area contributed by atoms with Crippen molar-refractivity contribution < 1.29 is 80.2 Å². The van der Waals surface area contributed by atoms with Crippen LogP contribution in [-0.4, -0.2) is 96.7 Å². The van der Waals surface area contributed by atoms with Crippen molar-refractivity contribution >= 4 is 39.5 Å². The van der Waals surface area contributed by atoms with Gasteiger partial charge >= 0.3 is 39.5 Å². The van der Waals surface area contributed by atoms with Gasteiger partial charge in [-0.3, -0.25) is 37.3 Å². The van der Waals surface area contributed by atoms with Gasteiger partial charge in [-0.25, -0.2) is 9.13 Å². The van der Waals surface area contributed by atoms with Crippen molar-refractivity contribution in [3.05, 3.63) is 109 Å². The van der Waals surface area contributed by atoms with Crippen molar-refractivity contribution in [1.29, 1.82) is 0 Å². The van der Waals surface area contributed by atoms with E-state index >= 15 is 0 Å². The molecule has 0 heterocycles. The molecule has 0 amide bonds. The average molecular weight is 1530 g/mol. The maximum atomic E-state index is 13.1. The highest BCUT2D eigenvalue weighted by atomic mass is 31.2. The van der Waals surface area contributed by atoms with Gasteiger partial charge in [-0.15, -0.1) is 0 Å². The van der Waals surface area contributed by atoms with Crippen molar-refractivity contribution in [1.82, 2.24) is 0 Å². The van der Waals surface area contributed by atoms with E-state index in [-0.39, 0.29) is 25.7 Å². The lowest BCUT2D eigenvalue weighted by Crippen LogP contribution is -2.30. The molecular weight excluding hydrogens is 1380 g/mol. The minimum absolute atomic E-state index is 0.0767. The Morgan fingerprint density at radius 2 is 0.491 bits per heavy atom. The van der Waals surface area contributed by atoms with Crippen molar-refractivity contribution in [3.63, 3.8) is 0 Å². The molecular formula is C87H152O17P2. The average Bonchev–Trinajstić information content (AvgIpc) is 0.901. The first-order chi connectivity index (χ1) is 51.7. The van der Waals surface area contributed by atoms with E-state index in [4.69, 9.17) is 37.0 Å². The highest BCUT2D eigenvalue weighted by molar-refractivity contribution is 7.47. The number of esters is 4. The SMILES string of the molecule is CC/C=C\C/C=C\C/C=C\CCCCCCCC(=O)OCC(COP(=O)(O)OCC(O)COP(=O)(O)OCC(COC(=O)CCCCCCCC/C=C\C/C=C\C/C=C\CCCCC)OC(=O)CCCCCCCC/C=C\C/C=C\C/C=C\CCCCC)OC(=O)CCCCCCCCCCCCCCC. The molecule has 0 aromatic carbocycles. The van der Waals surface area contributed by atoms with E-state index in [1.807, 2.05) is 0 Å². The lowest BCUT2D eigenvalue weighted by Gasteiger charge is -2.21. The van der Waals surface area contributed by atoms with E-state index in [9.17, 15) is 43.2 Å². The Morgan fingerprint density at radius 1 is 0.274 bits per heavy atom. The number of allylic oxidation sites excluding steroid dienone is 18. The van der Waals surface area contributed by atoms with Gasteiger partial charge in [0.05, 0.1) is 26.4 Å². The van der Waals surface area contributed by atoms with Gasteiger partial charge in [0.25, 0.3) is 0 Å². The highest BCUT2D eigenvalue weighted by Gasteiger charge is 2.30. The molecule has 3 N–H and O–H groups in total. The molecule has 0 aromatic rings. The molecule has 17 nitrogen and oxygen atoms in total. The fourth-order valence-corrected chi connectivity index (χ4v) is 12.9. The Labute approximate surface area is 645 Å². The van der Waals surface area contributed by atoms with Crippen LogP contribution in [0.5, 0.6) is 0 Å². The number of carbonyl (C=O) groups is 4. The summed E-state index contributed by atoms with van der Waals surface area (Å²) in [6, 6.07) is 0. The van der Waals surface area contributed by atoms with Crippen LogP contribution in [0.15, 0.2) is 109 Å². The van der Waals surface area contributed by atoms with Crippen LogP contribution in [0.2, 0.25) is 0 Å². The van der Waals surface area contributed by atoms with Gasteiger partial charge in [0.2, 0.25) is 0 Å². The summed E-state index contributed by atoms with van der Waals surface area (Å²) < 4.78 is 68.7. The number of ether oxygens (including phenoxy) is 4. The van der Waals surface area contributed by atoms with Gasteiger partial charge in [-0.1, -0.05) is 310 Å². The summed E-state index contributed by atoms with van der Waals surface area (Å²) in [6.07, 6.45) is 86.2. The molecule has 0 aliphatic carbocycles. The fraction of sp³-hybridized carbons (Fsp3) is 0.747. The molecule has 5 atom stereocenters. The first-order valence-corrected chi connectivity index (χ1v) is 45.1. The van der Waals surface area contributed by atoms with Gasteiger partial charge in [-0.05, 0) is 135 Å². The molecule has 0 rings (SSSR count). The topological polar surface area (TPSA) is 237 Å². The predicted octanol–water partition coefficient (Wildman–Crippen LogP) is 24.9. The van der Waals surface area contributed by atoms with Crippen LogP contribution >= 0.6 is 15.6 Å². The van der Waals surface area contributed by atoms with Crippen LogP contribution in [0.25, 0.3) is 0 Å². The quantitative estimate of drug-likeness (QED) is 0.0169. The molecule has 5 unspecified atom stereocenters. The minimum Gasteiger partial charge on any atom is -0.462 e. The monoisotopic (exact) mass is 1530 g/mol. The maximum Gasteiger partial charge on any atom is 0.472 e. The van der Waals surface area contributed by atoms with Crippen molar-refractivity contribution in [2.45, 2.75) is 380 Å². The molecule has 0 spiro atoms. The largest absolute Gasteiger partial charge is 0.472 e. The number of hydrogen-bond donors (Lipinski definition) is 3. The maximum absolute atomic E-state index is 13.1. The van der Waals surface area contributed by atoms with Crippen LogP contribution in [-0.2, 0) is 65.4 Å². The van der Waals surface area contributed by atoms with Gasteiger partial charge in [0, 0.05) is 25.7 Å². The zero-order valence-corrected chi connectivity index (χ0v) is 68.9. The summed E-state index contributed by atoms with van der Waals surface area (Å²) in [5.74, 6) is -2.20. The molecule has 0 bridgehead atoms. The standard InChI is InChI=1S/C87H152O17P2/c1-5-9-13-17-21-25-29-33-36-38-40-42-45-49-52-56-60-64-68-72-85(90)98-78-83(104-87(92)74-70-66-62-58-54-50-46-43-41-39-37-34-30-26-22-18-14-10-6-2)80-102-106(95,96)100-76-81(88)75-99-105(93,94)101-79-82(103-86(91)73-69-65-61-57-53-47-32-28-24-20-16-12-8-4)77-97-84(89)71-67-63-59-55-51-48-44-35-31-27-23-19-15-11-7-3/h11,15,21-23,25-27,33-37,40-44,81-83,88H,5-10,12-14,16-20,24,28-32,38-39,45-80H2,1-4H3,(H,93,94)(H,95,96)/b15-11-,25-21-,26-22-,27-23-,36-33-,37-34-,42-40-,43-41-,44-35-. The predicted molar refractivity (Wildman–Crippen MR) is 436 cm³/mol. The third-order valence-electron chi connectivity index (χ3n) is 17.7. The number of aliphatic hydroxyl groups is 1. The number of phosphoric ester groups is 2. The number of phosphoric acid groups is 2. The molecule has 106 heavy (non-hydrogen) atoms. The second kappa shape index (κ2) is 78.8. The van der Waals surface area contributed by atoms with Crippen LogP contribution in [0, 0.1) is 0 Å². The Hall–Kier alpha value is -4.28. The first-order valence-electron chi connectivity index (χ1n) is 42.1. The Kier molecular flexibility index (Phi) is 75.6. The second-order valence-electron chi connectivity index (χ2n) is 28.0. The normalized spacial score (nSPS) is 14.4. The number of rotatable bonds is 79. The third-order valence-corrected chi connectivity index (χ3v) is 19.6. The molecule has 0 radical (unpaired) electrons. The van der Waals surface area contributed by atoms with Crippen molar-refractivity contribution in [2.24, 2.45) is 0 Å². The van der Waals surface area contributed by atoms with E-state index in [1.54, 1.807) is 0 Å². The Bertz CT molecular complexity index is 2430. The van der Waals surface area contributed by atoms with Crippen LogP contribution in [0.1, 0.15) is 362 Å². The van der Waals surface area contributed by atoms with E-state index in [2.05, 4.69) is 137 Å². The smallest absolute Gasteiger partial charge is 0.462 e. The fourth-order valence-electron chi connectivity index (χ4n) is 11.3. The van der Waals surface area contributed by atoms with Gasteiger partial charge in [0.15, 0.2) is 12.2 Å².